The summed E-state index contributed by atoms with van der Waals surface area (Å²) in [4.78, 5) is 5.11. The first-order chi connectivity index (χ1) is 9.69. The third-order valence-corrected chi connectivity index (χ3v) is 5.57. The number of hydrogen-bond donors (Lipinski definition) is 1. The van der Waals surface area contributed by atoms with Crippen LogP contribution in [-0.2, 0) is 6.54 Å². The van der Waals surface area contributed by atoms with E-state index in [-0.39, 0.29) is 0 Å². The van der Waals surface area contributed by atoms with Gasteiger partial charge in [0, 0.05) is 30.1 Å². The molecule has 3 rings (SSSR count). The maximum Gasteiger partial charge on any atom is 0.0510 e. The van der Waals surface area contributed by atoms with Gasteiger partial charge in [-0.25, -0.2) is 0 Å². The number of halogens is 1. The molecule has 2 aliphatic rings. The van der Waals surface area contributed by atoms with Crippen molar-refractivity contribution < 1.29 is 0 Å². The topological polar surface area (TPSA) is 32.5 Å². The van der Waals surface area contributed by atoms with Crippen molar-refractivity contribution in [3.63, 3.8) is 0 Å². The van der Waals surface area contributed by atoms with Crippen molar-refractivity contribution in [1.29, 1.82) is 0 Å². The molecular weight excluding hydrogens is 314 g/mol. The first kappa shape index (κ1) is 14.4. The Labute approximate surface area is 130 Å². The molecule has 110 valence electrons. The van der Waals surface area contributed by atoms with Gasteiger partial charge in [0.15, 0.2) is 0 Å². The van der Waals surface area contributed by atoms with E-state index >= 15 is 0 Å². The molecule has 3 nitrogen and oxygen atoms in total. The van der Waals surface area contributed by atoms with Crippen LogP contribution in [0, 0.1) is 5.92 Å². The lowest BCUT2D eigenvalue weighted by Gasteiger charge is -2.46. The second kappa shape index (κ2) is 6.04. The number of piperidine rings is 2. The maximum atomic E-state index is 5.71. The number of nitrogens with zero attached hydrogens (tertiary/aromatic N) is 2. The smallest absolute Gasteiger partial charge is 0.0510 e. The average molecular weight is 338 g/mol. The highest BCUT2D eigenvalue weighted by molar-refractivity contribution is 9.10. The van der Waals surface area contributed by atoms with Gasteiger partial charge in [-0.15, -0.1) is 0 Å². The van der Waals surface area contributed by atoms with Crippen LogP contribution in [0.2, 0.25) is 0 Å². The molecule has 2 unspecified atom stereocenters. The van der Waals surface area contributed by atoms with Crippen LogP contribution in [0.15, 0.2) is 22.7 Å². The Morgan fingerprint density at radius 2 is 2.15 bits per heavy atom. The van der Waals surface area contributed by atoms with E-state index in [1.807, 2.05) is 0 Å². The first-order valence-electron chi connectivity index (χ1n) is 7.62. The van der Waals surface area contributed by atoms with E-state index in [0.29, 0.717) is 6.54 Å². The summed E-state index contributed by atoms with van der Waals surface area (Å²) in [5, 5.41) is 0. The molecule has 2 atom stereocenters. The summed E-state index contributed by atoms with van der Waals surface area (Å²) in [5.41, 5.74) is 8.23. The number of nitrogens with two attached hydrogens (primary N) is 1. The van der Waals surface area contributed by atoms with E-state index in [1.54, 1.807) is 0 Å². The van der Waals surface area contributed by atoms with Crippen LogP contribution in [-0.4, -0.2) is 37.6 Å². The summed E-state index contributed by atoms with van der Waals surface area (Å²) in [6.45, 7) is 4.23. The van der Waals surface area contributed by atoms with Crippen LogP contribution < -0.4 is 10.6 Å². The van der Waals surface area contributed by atoms with E-state index in [2.05, 4.69) is 51.0 Å². The predicted octanol–water partition coefficient (Wildman–Crippen LogP) is 2.83. The van der Waals surface area contributed by atoms with E-state index < -0.39 is 0 Å². The second-order valence-electron chi connectivity index (χ2n) is 6.17. The van der Waals surface area contributed by atoms with Crippen LogP contribution in [0.4, 0.5) is 5.69 Å². The van der Waals surface area contributed by atoms with E-state index in [9.17, 15) is 0 Å². The van der Waals surface area contributed by atoms with Crippen LogP contribution >= 0.6 is 15.9 Å². The monoisotopic (exact) mass is 337 g/mol. The van der Waals surface area contributed by atoms with Gasteiger partial charge in [-0.05, 0) is 72.4 Å². The lowest BCUT2D eigenvalue weighted by atomic mass is 9.84. The number of benzene rings is 1. The molecule has 0 aliphatic carbocycles. The first-order valence-corrected chi connectivity index (χ1v) is 8.42. The molecule has 0 bridgehead atoms. The van der Waals surface area contributed by atoms with Crippen molar-refractivity contribution in [1.82, 2.24) is 4.90 Å². The van der Waals surface area contributed by atoms with Gasteiger partial charge in [0.1, 0.15) is 0 Å². The highest BCUT2D eigenvalue weighted by atomic mass is 79.9. The molecule has 4 heteroatoms. The lowest BCUT2D eigenvalue weighted by Crippen LogP contribution is -2.52. The Morgan fingerprint density at radius 3 is 2.90 bits per heavy atom. The van der Waals surface area contributed by atoms with Crippen LogP contribution in [0.3, 0.4) is 0 Å². The molecule has 2 aliphatic heterocycles. The summed E-state index contributed by atoms with van der Waals surface area (Å²) in [5.74, 6) is 0.823. The van der Waals surface area contributed by atoms with Crippen LogP contribution in [0.1, 0.15) is 24.8 Å². The van der Waals surface area contributed by atoms with Crippen molar-refractivity contribution >= 4 is 21.6 Å². The third-order valence-electron chi connectivity index (χ3n) is 4.93. The fraction of sp³-hybridized carbons (Fsp3) is 0.625. The van der Waals surface area contributed by atoms with Gasteiger partial charge in [0.05, 0.1) is 5.69 Å². The fourth-order valence-corrected chi connectivity index (χ4v) is 4.48. The Balaban J connectivity index is 1.76. The number of rotatable bonds is 2. The highest BCUT2D eigenvalue weighted by Gasteiger charge is 2.34. The van der Waals surface area contributed by atoms with Gasteiger partial charge in [-0.1, -0.05) is 6.07 Å². The van der Waals surface area contributed by atoms with Crippen molar-refractivity contribution in [3.05, 3.63) is 28.2 Å². The minimum atomic E-state index is 0.606. The van der Waals surface area contributed by atoms with Crippen LogP contribution in [0.25, 0.3) is 0 Å². The Hall–Kier alpha value is -0.580. The average Bonchev–Trinajstić information content (AvgIpc) is 2.47. The summed E-state index contributed by atoms with van der Waals surface area (Å²) >= 11 is 3.72. The molecule has 2 heterocycles. The largest absolute Gasteiger partial charge is 0.370 e. The second-order valence-corrected chi connectivity index (χ2v) is 7.03. The molecule has 2 N–H and O–H groups in total. The number of hydrogen-bond acceptors (Lipinski definition) is 3. The SMILES string of the molecule is CN1CCCC2CN(c3ccc(CN)cc3Br)CCC21. The van der Waals surface area contributed by atoms with Gasteiger partial charge in [-0.3, -0.25) is 0 Å². The third kappa shape index (κ3) is 2.74. The van der Waals surface area contributed by atoms with Crippen LogP contribution in [0.5, 0.6) is 0 Å². The standard InChI is InChI=1S/C16H24BrN3/c1-19-7-2-3-13-11-20(8-6-15(13)19)16-5-4-12(10-18)9-14(16)17/h4-5,9,13,15H,2-3,6-8,10-11,18H2,1H3. The molecule has 20 heavy (non-hydrogen) atoms. The predicted molar refractivity (Wildman–Crippen MR) is 88.0 cm³/mol. The quantitative estimate of drug-likeness (QED) is 0.900. The molecule has 1 aromatic carbocycles. The van der Waals surface area contributed by atoms with Crippen molar-refractivity contribution in [2.75, 3.05) is 31.6 Å². The molecule has 2 fully saturated rings. The number of anilines is 1. The van der Waals surface area contributed by atoms with Crippen molar-refractivity contribution in [2.24, 2.45) is 11.7 Å². The lowest BCUT2D eigenvalue weighted by molar-refractivity contribution is 0.102. The number of likely N-dealkylation sites (tertiary alicyclic amines) is 1. The normalized spacial score (nSPS) is 27.4. The number of fused-ring (bicyclic) bond motifs is 1. The highest BCUT2D eigenvalue weighted by Crippen LogP contribution is 2.35. The summed E-state index contributed by atoms with van der Waals surface area (Å²) in [7, 11) is 2.29. The van der Waals surface area contributed by atoms with Gasteiger partial charge in [0.2, 0.25) is 0 Å². The molecule has 1 aromatic rings. The molecule has 2 saturated heterocycles. The minimum absolute atomic E-state index is 0.606. The zero-order valence-corrected chi connectivity index (χ0v) is 13.8. The van der Waals surface area contributed by atoms with Crippen molar-refractivity contribution in [2.45, 2.75) is 31.8 Å². The van der Waals surface area contributed by atoms with E-state index in [1.165, 1.54) is 48.1 Å². The molecule has 0 aromatic heterocycles. The zero-order valence-electron chi connectivity index (χ0n) is 12.2. The maximum absolute atomic E-state index is 5.71. The summed E-state index contributed by atoms with van der Waals surface area (Å²) in [6.07, 6.45) is 4.01. The molecule has 0 spiro atoms. The van der Waals surface area contributed by atoms with Crippen molar-refractivity contribution in [3.8, 4) is 0 Å². The summed E-state index contributed by atoms with van der Waals surface area (Å²) < 4.78 is 1.18. The summed E-state index contributed by atoms with van der Waals surface area (Å²) in [6, 6.07) is 7.33. The zero-order chi connectivity index (χ0) is 14.1. The fourth-order valence-electron chi connectivity index (χ4n) is 3.81. The van der Waals surface area contributed by atoms with Gasteiger partial charge in [0.25, 0.3) is 0 Å². The minimum Gasteiger partial charge on any atom is -0.370 e. The Morgan fingerprint density at radius 1 is 1.30 bits per heavy atom. The molecule has 0 amide bonds. The molecule has 0 radical (unpaired) electrons. The van der Waals surface area contributed by atoms with E-state index in [0.717, 1.165) is 18.5 Å². The Bertz CT molecular complexity index is 477. The van der Waals surface area contributed by atoms with Gasteiger partial charge < -0.3 is 15.5 Å². The molecule has 0 saturated carbocycles. The molecular formula is C16H24BrN3. The van der Waals surface area contributed by atoms with E-state index in [4.69, 9.17) is 5.73 Å². The van der Waals surface area contributed by atoms with Gasteiger partial charge in [-0.2, -0.15) is 0 Å². The Kier molecular flexibility index (Phi) is 4.34. The van der Waals surface area contributed by atoms with Gasteiger partial charge >= 0.3 is 0 Å².